The van der Waals surface area contributed by atoms with Crippen molar-refractivity contribution in [3.8, 4) is 0 Å². The highest BCUT2D eigenvalue weighted by molar-refractivity contribution is 7.98. The molecule has 0 bridgehead atoms. The first-order valence-electron chi connectivity index (χ1n) is 6.63. The molecule has 2 aromatic rings. The highest BCUT2D eigenvalue weighted by Gasteiger charge is 2.11. The third kappa shape index (κ3) is 4.52. The molecule has 0 aliphatic carbocycles. The van der Waals surface area contributed by atoms with Gasteiger partial charge in [0, 0.05) is 17.3 Å². The van der Waals surface area contributed by atoms with Crippen LogP contribution in [0.5, 0.6) is 0 Å². The summed E-state index contributed by atoms with van der Waals surface area (Å²) < 4.78 is 22.9. The zero-order chi connectivity index (χ0) is 15.5. The van der Waals surface area contributed by atoms with Gasteiger partial charge in [-0.2, -0.15) is 0 Å². The molecule has 0 aliphatic rings. The minimum absolute atomic E-state index is 0.285. The Hall–Kier alpha value is -0.920. The Morgan fingerprint density at radius 1 is 1.19 bits per heavy atom. The van der Waals surface area contributed by atoms with E-state index in [2.05, 4.69) is 24.0 Å². The van der Waals surface area contributed by atoms with Crippen molar-refractivity contribution in [1.29, 1.82) is 0 Å². The smallest absolute Gasteiger partial charge is 0.175 e. The van der Waals surface area contributed by atoms with Crippen molar-refractivity contribution in [1.82, 2.24) is 10.2 Å². The lowest BCUT2D eigenvalue weighted by Gasteiger charge is -2.11. The van der Waals surface area contributed by atoms with E-state index in [0.29, 0.717) is 4.90 Å². The number of aromatic nitrogens is 2. The second-order valence-corrected chi connectivity index (χ2v) is 9.23. The maximum absolute atomic E-state index is 11.4. The van der Waals surface area contributed by atoms with Crippen molar-refractivity contribution in [2.75, 3.05) is 6.26 Å². The minimum atomic E-state index is -3.12. The molecule has 0 fully saturated rings. The van der Waals surface area contributed by atoms with Gasteiger partial charge in [-0.05, 0) is 31.0 Å². The van der Waals surface area contributed by atoms with Crippen molar-refractivity contribution >= 4 is 32.9 Å². The Balaban J connectivity index is 1.98. The molecule has 114 valence electrons. The van der Waals surface area contributed by atoms with Gasteiger partial charge in [-0.1, -0.05) is 19.1 Å². The molecule has 0 unspecified atom stereocenters. The summed E-state index contributed by atoms with van der Waals surface area (Å²) in [6.45, 7) is 4.19. The third-order valence-corrected chi connectivity index (χ3v) is 6.64. The summed E-state index contributed by atoms with van der Waals surface area (Å²) in [4.78, 5) is 0.361. The van der Waals surface area contributed by atoms with E-state index in [1.165, 1.54) is 6.26 Å². The topological polar surface area (TPSA) is 59.9 Å². The van der Waals surface area contributed by atoms with Crippen LogP contribution in [0.3, 0.4) is 0 Å². The predicted octanol–water partition coefficient (Wildman–Crippen LogP) is 3.50. The molecule has 1 aromatic carbocycles. The Morgan fingerprint density at radius 2 is 1.81 bits per heavy atom. The largest absolute Gasteiger partial charge is 0.224 e. The first kappa shape index (κ1) is 16.5. The molecule has 0 amide bonds. The molecule has 4 nitrogen and oxygen atoms in total. The molecule has 7 heteroatoms. The monoisotopic (exact) mass is 342 g/mol. The lowest BCUT2D eigenvalue weighted by Crippen LogP contribution is -1.97. The lowest BCUT2D eigenvalue weighted by atomic mass is 10.2. The van der Waals surface area contributed by atoms with Crippen LogP contribution in [0.2, 0.25) is 0 Å². The number of hydrogen-bond donors (Lipinski definition) is 0. The van der Waals surface area contributed by atoms with Crippen LogP contribution in [0.1, 0.15) is 34.7 Å². The average Bonchev–Trinajstić information content (AvgIpc) is 2.92. The summed E-state index contributed by atoms with van der Waals surface area (Å²) in [5.41, 5.74) is 1.12. The Morgan fingerprint density at radius 3 is 2.33 bits per heavy atom. The number of sulfone groups is 1. The summed E-state index contributed by atoms with van der Waals surface area (Å²) in [6.07, 6.45) is 2.14. The second-order valence-electron chi connectivity index (χ2n) is 4.74. The molecule has 1 atom stereocenters. The third-order valence-electron chi connectivity index (χ3n) is 3.05. The quantitative estimate of drug-likeness (QED) is 0.804. The van der Waals surface area contributed by atoms with Crippen LogP contribution in [-0.4, -0.2) is 24.9 Å². The predicted molar refractivity (Wildman–Crippen MR) is 88.5 cm³/mol. The first-order chi connectivity index (χ1) is 9.90. The van der Waals surface area contributed by atoms with Crippen LogP contribution >= 0.6 is 23.1 Å². The maximum Gasteiger partial charge on any atom is 0.175 e. The van der Waals surface area contributed by atoms with Crippen molar-refractivity contribution in [2.24, 2.45) is 0 Å². The standard InChI is InChI=1S/C14H18N2O2S3/c1-4-13-15-16-14(20-13)9-19-10(2)11-5-7-12(8-6-11)21(3,17)18/h5-8,10H,4,9H2,1-3H3/t10-/m0/s1. The lowest BCUT2D eigenvalue weighted by molar-refractivity contribution is 0.602. The molecule has 0 N–H and O–H groups in total. The van der Waals surface area contributed by atoms with Gasteiger partial charge in [-0.3, -0.25) is 0 Å². The zero-order valence-electron chi connectivity index (χ0n) is 12.2. The fourth-order valence-electron chi connectivity index (χ4n) is 1.77. The molecule has 0 spiro atoms. The van der Waals surface area contributed by atoms with E-state index < -0.39 is 9.84 Å². The molecule has 21 heavy (non-hydrogen) atoms. The highest BCUT2D eigenvalue weighted by atomic mass is 32.2. The van der Waals surface area contributed by atoms with E-state index in [4.69, 9.17) is 0 Å². The molecule has 2 rings (SSSR count). The zero-order valence-corrected chi connectivity index (χ0v) is 14.7. The van der Waals surface area contributed by atoms with Gasteiger partial charge in [-0.25, -0.2) is 8.42 Å². The van der Waals surface area contributed by atoms with E-state index in [-0.39, 0.29) is 5.25 Å². The van der Waals surface area contributed by atoms with Gasteiger partial charge < -0.3 is 0 Å². The molecular formula is C14H18N2O2S3. The molecule has 1 heterocycles. The van der Waals surface area contributed by atoms with Crippen LogP contribution in [0, 0.1) is 0 Å². The van der Waals surface area contributed by atoms with Crippen molar-refractivity contribution < 1.29 is 8.42 Å². The van der Waals surface area contributed by atoms with Gasteiger partial charge in [0.15, 0.2) is 9.84 Å². The molecule has 1 aromatic heterocycles. The Kier molecular flexibility index (Phi) is 5.40. The number of benzene rings is 1. The summed E-state index contributed by atoms with van der Waals surface area (Å²) in [5, 5.41) is 10.7. The summed E-state index contributed by atoms with van der Waals surface area (Å²) in [6, 6.07) is 7.10. The number of hydrogen-bond acceptors (Lipinski definition) is 6. The summed E-state index contributed by atoms with van der Waals surface area (Å²) in [7, 11) is -3.12. The van der Waals surface area contributed by atoms with Crippen LogP contribution < -0.4 is 0 Å². The van der Waals surface area contributed by atoms with Crippen LogP contribution in [-0.2, 0) is 22.0 Å². The van der Waals surface area contributed by atoms with Gasteiger partial charge in [0.25, 0.3) is 0 Å². The Bertz CT molecular complexity index is 693. The van der Waals surface area contributed by atoms with Crippen molar-refractivity contribution in [3.05, 3.63) is 39.8 Å². The van der Waals surface area contributed by atoms with Gasteiger partial charge in [0.05, 0.1) is 4.90 Å². The van der Waals surface area contributed by atoms with E-state index in [9.17, 15) is 8.42 Å². The SMILES string of the molecule is CCc1nnc(CS[C@@H](C)c2ccc(S(C)(=O)=O)cc2)s1. The number of rotatable bonds is 6. The molecule has 0 saturated heterocycles. The highest BCUT2D eigenvalue weighted by Crippen LogP contribution is 2.32. The minimum Gasteiger partial charge on any atom is -0.224 e. The molecule has 0 saturated carbocycles. The van der Waals surface area contributed by atoms with Crippen LogP contribution in [0.4, 0.5) is 0 Å². The molecular weight excluding hydrogens is 324 g/mol. The fourth-order valence-corrected chi connectivity index (χ4v) is 4.22. The fraction of sp³-hybridized carbons (Fsp3) is 0.429. The van der Waals surface area contributed by atoms with Gasteiger partial charge in [0.2, 0.25) is 0 Å². The van der Waals surface area contributed by atoms with E-state index in [0.717, 1.165) is 27.8 Å². The maximum atomic E-state index is 11.4. The molecule has 0 radical (unpaired) electrons. The molecule has 0 aliphatic heterocycles. The first-order valence-corrected chi connectivity index (χ1v) is 10.4. The van der Waals surface area contributed by atoms with Gasteiger partial charge in [0.1, 0.15) is 10.0 Å². The van der Waals surface area contributed by atoms with Crippen molar-refractivity contribution in [2.45, 2.75) is 36.2 Å². The normalized spacial score (nSPS) is 13.3. The Labute approximate surface area is 133 Å². The van der Waals surface area contributed by atoms with Crippen LogP contribution in [0.15, 0.2) is 29.2 Å². The van der Waals surface area contributed by atoms with E-state index in [1.54, 1.807) is 35.2 Å². The van der Waals surface area contributed by atoms with Crippen LogP contribution in [0.25, 0.3) is 0 Å². The number of aryl methyl sites for hydroxylation is 1. The summed E-state index contributed by atoms with van der Waals surface area (Å²) in [5.74, 6) is 0.826. The summed E-state index contributed by atoms with van der Waals surface area (Å²) >= 11 is 3.43. The number of nitrogens with zero attached hydrogens (tertiary/aromatic N) is 2. The van der Waals surface area contributed by atoms with Gasteiger partial charge in [-0.15, -0.1) is 33.3 Å². The second kappa shape index (κ2) is 6.89. The van der Waals surface area contributed by atoms with E-state index >= 15 is 0 Å². The van der Waals surface area contributed by atoms with Crippen molar-refractivity contribution in [3.63, 3.8) is 0 Å². The average molecular weight is 343 g/mol. The van der Waals surface area contributed by atoms with E-state index in [1.807, 2.05) is 12.1 Å². The van der Waals surface area contributed by atoms with Gasteiger partial charge >= 0.3 is 0 Å². The number of thioether (sulfide) groups is 1.